The summed E-state index contributed by atoms with van der Waals surface area (Å²) in [5.41, 5.74) is 0.577. The van der Waals surface area contributed by atoms with Gasteiger partial charge in [0.1, 0.15) is 12.1 Å². The Morgan fingerprint density at radius 2 is 2.41 bits per heavy atom. The number of hydrogen-bond acceptors (Lipinski definition) is 4. The van der Waals surface area contributed by atoms with E-state index in [1.165, 1.54) is 7.11 Å². The predicted molar refractivity (Wildman–Crippen MR) is 61.3 cm³/mol. The van der Waals surface area contributed by atoms with Crippen molar-refractivity contribution in [2.45, 2.75) is 6.42 Å². The molecule has 0 spiro atoms. The summed E-state index contributed by atoms with van der Waals surface area (Å²) in [6.45, 7) is 0. The fourth-order valence-electron chi connectivity index (χ4n) is 1.62. The largest absolute Gasteiger partial charge is 0.464 e. The minimum Gasteiger partial charge on any atom is -0.464 e. The topological polar surface area (TPSA) is 60.7 Å². The number of aldehydes is 1. The van der Waals surface area contributed by atoms with Crippen molar-refractivity contribution in [1.29, 1.82) is 0 Å². The molecule has 0 radical (unpaired) electrons. The summed E-state index contributed by atoms with van der Waals surface area (Å²) >= 11 is 6.02. The first-order chi connectivity index (χ1) is 8.19. The number of aromatic nitrogens is 2. The molecule has 0 saturated carbocycles. The van der Waals surface area contributed by atoms with E-state index in [9.17, 15) is 9.59 Å². The third-order valence-electron chi connectivity index (χ3n) is 2.33. The van der Waals surface area contributed by atoms with Crippen LogP contribution >= 0.6 is 11.6 Å². The second-order valence-electron chi connectivity index (χ2n) is 3.31. The zero-order valence-corrected chi connectivity index (χ0v) is 9.77. The van der Waals surface area contributed by atoms with Gasteiger partial charge in [0.25, 0.3) is 0 Å². The van der Waals surface area contributed by atoms with Gasteiger partial charge in [-0.15, -0.1) is 0 Å². The van der Waals surface area contributed by atoms with Crippen LogP contribution in [0, 0.1) is 0 Å². The highest BCUT2D eigenvalue weighted by atomic mass is 35.5. The van der Waals surface area contributed by atoms with Gasteiger partial charge in [0.05, 0.1) is 24.1 Å². The van der Waals surface area contributed by atoms with Gasteiger partial charge >= 0.3 is 5.97 Å². The fraction of sp³-hybridized carbons (Fsp3) is 0.182. The quantitative estimate of drug-likeness (QED) is 0.614. The van der Waals surface area contributed by atoms with E-state index < -0.39 is 5.97 Å². The Morgan fingerprint density at radius 1 is 1.65 bits per heavy atom. The zero-order valence-electron chi connectivity index (χ0n) is 9.01. The summed E-state index contributed by atoms with van der Waals surface area (Å²) in [6, 6.07) is 3.36. The van der Waals surface area contributed by atoms with E-state index in [-0.39, 0.29) is 12.1 Å². The van der Waals surface area contributed by atoms with Crippen LogP contribution in [0.15, 0.2) is 18.3 Å². The van der Waals surface area contributed by atoms with Gasteiger partial charge in [-0.05, 0) is 12.1 Å². The van der Waals surface area contributed by atoms with Gasteiger partial charge in [0.15, 0.2) is 5.69 Å². The monoisotopic (exact) mass is 252 g/mol. The highest BCUT2D eigenvalue weighted by molar-refractivity contribution is 6.34. The first-order valence-electron chi connectivity index (χ1n) is 4.86. The van der Waals surface area contributed by atoms with Crippen molar-refractivity contribution in [3.63, 3.8) is 0 Å². The van der Waals surface area contributed by atoms with Gasteiger partial charge in [-0.25, -0.2) is 9.78 Å². The number of carbonyl (C=O) groups is 2. The van der Waals surface area contributed by atoms with Gasteiger partial charge in [0, 0.05) is 6.20 Å². The lowest BCUT2D eigenvalue weighted by atomic mass is 10.3. The van der Waals surface area contributed by atoms with Crippen molar-refractivity contribution in [3.8, 4) is 0 Å². The fourth-order valence-corrected chi connectivity index (χ4v) is 1.87. The molecule has 2 aromatic rings. The van der Waals surface area contributed by atoms with Gasteiger partial charge in [-0.1, -0.05) is 11.6 Å². The highest BCUT2D eigenvalue weighted by Crippen LogP contribution is 2.22. The number of hydrogen-bond donors (Lipinski definition) is 0. The van der Waals surface area contributed by atoms with E-state index in [0.717, 1.165) is 6.29 Å². The van der Waals surface area contributed by atoms with Crippen LogP contribution in [-0.4, -0.2) is 28.7 Å². The van der Waals surface area contributed by atoms with Crippen molar-refractivity contribution in [2.75, 3.05) is 7.11 Å². The first kappa shape index (κ1) is 11.6. The number of imidazole rings is 1. The molecular formula is C11H9ClN2O3. The molecule has 2 heterocycles. The summed E-state index contributed by atoms with van der Waals surface area (Å²) in [7, 11) is 1.27. The lowest BCUT2D eigenvalue weighted by Crippen LogP contribution is -2.02. The number of esters is 1. The summed E-state index contributed by atoms with van der Waals surface area (Å²) in [4.78, 5) is 26.2. The second kappa shape index (κ2) is 4.55. The van der Waals surface area contributed by atoms with Crippen LogP contribution in [0.3, 0.4) is 0 Å². The molecule has 0 bridgehead atoms. The molecule has 6 heteroatoms. The van der Waals surface area contributed by atoms with Crippen LogP contribution in [0.4, 0.5) is 0 Å². The van der Waals surface area contributed by atoms with Crippen molar-refractivity contribution in [1.82, 2.24) is 9.38 Å². The number of nitrogens with zero attached hydrogens (tertiary/aromatic N) is 2. The standard InChI is InChI=1S/C11H9ClN2O3/c1-17-11(16)9-10-7(12)3-2-5-14(10)8(13-9)4-6-15/h2-3,5-6H,4H2,1H3. The molecule has 5 nitrogen and oxygen atoms in total. The molecule has 88 valence electrons. The van der Waals surface area contributed by atoms with Crippen LogP contribution in [0.1, 0.15) is 16.3 Å². The van der Waals surface area contributed by atoms with Gasteiger partial charge < -0.3 is 13.9 Å². The van der Waals surface area contributed by atoms with E-state index in [2.05, 4.69) is 9.72 Å². The molecule has 0 aliphatic heterocycles. The zero-order chi connectivity index (χ0) is 12.4. The Bertz CT molecular complexity index is 592. The van der Waals surface area contributed by atoms with E-state index >= 15 is 0 Å². The molecule has 0 N–H and O–H groups in total. The molecule has 0 atom stereocenters. The molecule has 0 fully saturated rings. The smallest absolute Gasteiger partial charge is 0.358 e. The average Bonchev–Trinajstić information content (AvgIpc) is 2.69. The Kier molecular flexibility index (Phi) is 3.10. The third-order valence-corrected chi connectivity index (χ3v) is 2.64. The highest BCUT2D eigenvalue weighted by Gasteiger charge is 2.19. The Morgan fingerprint density at radius 3 is 3.06 bits per heavy atom. The molecule has 0 aliphatic rings. The van der Waals surface area contributed by atoms with E-state index in [4.69, 9.17) is 11.6 Å². The second-order valence-corrected chi connectivity index (χ2v) is 3.72. The van der Waals surface area contributed by atoms with Crippen molar-refractivity contribution >= 4 is 29.4 Å². The van der Waals surface area contributed by atoms with E-state index in [1.54, 1.807) is 22.7 Å². The maximum absolute atomic E-state index is 11.6. The van der Waals surface area contributed by atoms with Gasteiger partial charge in [-0.2, -0.15) is 0 Å². The minimum absolute atomic E-state index is 0.110. The minimum atomic E-state index is -0.576. The van der Waals surface area contributed by atoms with Gasteiger partial charge in [-0.3, -0.25) is 0 Å². The normalized spacial score (nSPS) is 10.5. The van der Waals surface area contributed by atoms with Crippen LogP contribution in [0.2, 0.25) is 5.02 Å². The molecular weight excluding hydrogens is 244 g/mol. The number of halogens is 1. The number of ether oxygens (including phenoxy) is 1. The van der Waals surface area contributed by atoms with Crippen LogP contribution < -0.4 is 0 Å². The maximum Gasteiger partial charge on any atom is 0.358 e. The first-order valence-corrected chi connectivity index (χ1v) is 5.24. The third kappa shape index (κ3) is 1.89. The van der Waals surface area contributed by atoms with Gasteiger partial charge in [0.2, 0.25) is 0 Å². The molecule has 0 unspecified atom stereocenters. The number of pyridine rings is 1. The average molecular weight is 253 g/mol. The summed E-state index contributed by atoms with van der Waals surface area (Å²) in [6.07, 6.45) is 2.52. The van der Waals surface area contributed by atoms with Crippen LogP contribution in [0.25, 0.3) is 5.52 Å². The number of methoxy groups -OCH3 is 1. The Hall–Kier alpha value is -1.88. The Balaban J connectivity index is 2.75. The summed E-state index contributed by atoms with van der Waals surface area (Å²) < 4.78 is 6.24. The summed E-state index contributed by atoms with van der Waals surface area (Å²) in [5, 5.41) is 0.387. The lowest BCUT2D eigenvalue weighted by molar-refractivity contribution is -0.107. The lowest BCUT2D eigenvalue weighted by Gasteiger charge is -1.99. The molecule has 0 saturated heterocycles. The van der Waals surface area contributed by atoms with Crippen molar-refractivity contribution in [2.24, 2.45) is 0 Å². The van der Waals surface area contributed by atoms with E-state index in [0.29, 0.717) is 16.4 Å². The molecule has 0 amide bonds. The number of rotatable bonds is 3. The summed E-state index contributed by atoms with van der Waals surface area (Å²) in [5.74, 6) is -0.120. The van der Waals surface area contributed by atoms with E-state index in [1.807, 2.05) is 0 Å². The number of carbonyl (C=O) groups excluding carboxylic acids is 2. The molecule has 2 aromatic heterocycles. The molecule has 17 heavy (non-hydrogen) atoms. The maximum atomic E-state index is 11.6. The number of fused-ring (bicyclic) bond motifs is 1. The SMILES string of the molecule is COC(=O)c1nc(CC=O)n2cccc(Cl)c12. The van der Waals surface area contributed by atoms with Crippen molar-refractivity contribution in [3.05, 3.63) is 34.9 Å². The van der Waals surface area contributed by atoms with Crippen LogP contribution in [-0.2, 0) is 16.0 Å². The van der Waals surface area contributed by atoms with Crippen LogP contribution in [0.5, 0.6) is 0 Å². The molecule has 0 aliphatic carbocycles. The Labute approximate surface area is 102 Å². The molecule has 0 aromatic carbocycles. The molecule has 2 rings (SSSR count). The van der Waals surface area contributed by atoms with Crippen molar-refractivity contribution < 1.29 is 14.3 Å². The predicted octanol–water partition coefficient (Wildman–Crippen LogP) is 1.52.